The molecule has 0 heterocycles. The van der Waals surface area contributed by atoms with Gasteiger partial charge in [0.25, 0.3) is 0 Å². The molecule has 0 aliphatic carbocycles. The van der Waals surface area contributed by atoms with Crippen LogP contribution in [0.25, 0.3) is 0 Å². The fourth-order valence-electron chi connectivity index (χ4n) is 9.81. The second kappa shape index (κ2) is 45.5. The molecule has 72 heavy (non-hydrogen) atoms. The normalized spacial score (nSPS) is 11.7. The summed E-state index contributed by atoms with van der Waals surface area (Å²) in [7, 11) is 0. The van der Waals surface area contributed by atoms with Crippen molar-refractivity contribution in [2.24, 2.45) is 9.98 Å². The Labute approximate surface area is 456 Å². The molecule has 0 spiro atoms. The van der Waals surface area contributed by atoms with E-state index < -0.39 is 0 Å². The molecule has 0 fully saturated rings. The van der Waals surface area contributed by atoms with Gasteiger partial charge in [-0.25, -0.2) is 0 Å². The molecule has 0 saturated carbocycles. The fraction of sp³-hybridized carbons (Fsp3) is 0.701. The first-order chi connectivity index (χ1) is 34.7. The Kier molecular flexibility index (Phi) is 42.4. The van der Waals surface area contributed by atoms with E-state index in [0.29, 0.717) is 0 Å². The Hall–Kier alpha value is -2.91. The predicted octanol–water partition coefficient (Wildman–Crippen LogP) is 20.8. The smallest absolute Gasteiger partial charge is 0.873 e. The molecule has 0 aromatic heterocycles. The van der Waals surface area contributed by atoms with E-state index in [1.54, 1.807) is 0 Å². The summed E-state index contributed by atoms with van der Waals surface area (Å²) >= 11 is 0. The van der Waals surface area contributed by atoms with Gasteiger partial charge in [-0.05, 0) is 154 Å². The van der Waals surface area contributed by atoms with Crippen molar-refractivity contribution in [2.75, 3.05) is 0 Å². The third-order valence-corrected chi connectivity index (χ3v) is 14.4. The van der Waals surface area contributed by atoms with Crippen LogP contribution < -0.4 is 10.2 Å². The van der Waals surface area contributed by atoms with Crippen LogP contribution in [0.4, 0.5) is 11.4 Å². The van der Waals surface area contributed by atoms with Gasteiger partial charge in [-0.2, -0.15) is 0 Å². The number of unbranched alkanes of at least 4 members (excludes halogenated alkanes) is 25. The van der Waals surface area contributed by atoms with Crippen LogP contribution in [0.2, 0.25) is 0 Å². The molecule has 0 atom stereocenters. The number of rotatable bonds is 42. The third kappa shape index (κ3) is 32.4. The third-order valence-electron chi connectivity index (χ3n) is 14.4. The molecule has 0 aliphatic rings. The van der Waals surface area contributed by atoms with Crippen molar-refractivity contribution in [3.63, 3.8) is 0 Å². The van der Waals surface area contributed by atoms with Gasteiger partial charge in [-0.15, -0.1) is 11.5 Å². The number of hydrogen-bond donors (Lipinski definition) is 0. The fourth-order valence-corrected chi connectivity index (χ4v) is 9.81. The van der Waals surface area contributed by atoms with Crippen LogP contribution in [0.3, 0.4) is 0 Å². The zero-order valence-electron chi connectivity index (χ0n) is 48.2. The molecule has 0 N–H and O–H groups in total. The maximum atomic E-state index is 11.1. The summed E-state index contributed by atoms with van der Waals surface area (Å²) in [5.41, 5.74) is 12.6. The van der Waals surface area contributed by atoms with Crippen molar-refractivity contribution >= 4 is 22.8 Å². The SMILES string of the molecule is CCCCCCCCCCCCCCCCCCCCCC(=Nc1cc(CCCC)cc(CCCC)c1)C(CCCC)=Nc1cc(CCCC)cc(CCCC)c1.CCCCCc1cc([O-])c([O-])cc1C.[Ni+2]. The Bertz CT molecular complexity index is 1780. The van der Waals surface area contributed by atoms with Crippen molar-refractivity contribution in [3.8, 4) is 11.5 Å². The van der Waals surface area contributed by atoms with E-state index in [-0.39, 0.29) is 28.0 Å². The number of benzene rings is 3. The number of aliphatic imine (C=N–C) groups is 2. The molecular formula is C67H110N2NiO2. The van der Waals surface area contributed by atoms with Crippen molar-refractivity contribution in [1.29, 1.82) is 0 Å². The zero-order valence-corrected chi connectivity index (χ0v) is 49.2. The van der Waals surface area contributed by atoms with Crippen LogP contribution in [0.15, 0.2) is 58.5 Å². The first kappa shape index (κ1) is 67.1. The van der Waals surface area contributed by atoms with E-state index in [0.717, 1.165) is 80.3 Å². The summed E-state index contributed by atoms with van der Waals surface area (Å²) in [4.78, 5) is 11.2. The first-order valence-corrected chi connectivity index (χ1v) is 30.6. The Morgan fingerprint density at radius 2 is 0.611 bits per heavy atom. The number of nitrogens with zero attached hydrogens (tertiary/aromatic N) is 2. The molecule has 5 heteroatoms. The standard InChI is InChI=1S/C55H94N2.C12H18O2.Ni/c1-7-13-19-20-21-22-23-24-25-26-27-28-29-30-31-32-33-34-35-41-55(57-53-46-50(38-16-10-4)43-51(47-53)39-17-11-5)54(40-18-12-6)56-52-44-48(36-14-8-2)42-49(45-52)37-15-9-3;1-3-4-5-6-10-8-12(14)11(13)7-9(10)2;/h42-47H,7-41H2,1-6H3;7-8,13-14H,3-6H2,1-2H3;/q;;+2/p-2. The molecule has 0 amide bonds. The molecule has 3 aromatic carbocycles. The average molecular weight is 1030 g/mol. The minimum atomic E-state index is -0.387. The molecule has 3 rings (SSSR count). The van der Waals surface area contributed by atoms with Gasteiger partial charge in [0.15, 0.2) is 0 Å². The van der Waals surface area contributed by atoms with E-state index in [4.69, 9.17) is 9.98 Å². The van der Waals surface area contributed by atoms with Crippen LogP contribution in [0.5, 0.6) is 11.5 Å². The van der Waals surface area contributed by atoms with Gasteiger partial charge in [0, 0.05) is 0 Å². The largest absolute Gasteiger partial charge is 2.00 e. The molecular weight excluding hydrogens is 923 g/mol. The van der Waals surface area contributed by atoms with E-state index in [9.17, 15) is 10.2 Å². The van der Waals surface area contributed by atoms with Crippen LogP contribution in [-0.4, -0.2) is 11.4 Å². The van der Waals surface area contributed by atoms with Crippen LogP contribution in [0.1, 0.15) is 300 Å². The second-order valence-corrected chi connectivity index (χ2v) is 21.4. The molecule has 0 unspecified atom stereocenters. The van der Waals surface area contributed by atoms with Crippen molar-refractivity contribution in [2.45, 2.75) is 306 Å². The van der Waals surface area contributed by atoms with Gasteiger partial charge in [0.2, 0.25) is 0 Å². The molecule has 3 aromatic rings. The summed E-state index contributed by atoms with van der Waals surface area (Å²) in [5, 5.41) is 22.1. The minimum absolute atomic E-state index is 0. The Morgan fingerprint density at radius 1 is 0.319 bits per heavy atom. The number of aryl methyl sites for hydroxylation is 6. The summed E-state index contributed by atoms with van der Waals surface area (Å²) in [6.07, 6.45) is 50.0. The minimum Gasteiger partial charge on any atom is -0.873 e. The molecule has 0 saturated heterocycles. The van der Waals surface area contributed by atoms with Crippen molar-refractivity contribution in [3.05, 3.63) is 81.9 Å². The molecule has 0 aliphatic heterocycles. The van der Waals surface area contributed by atoms with Crippen LogP contribution >= 0.6 is 0 Å². The predicted molar refractivity (Wildman–Crippen MR) is 312 cm³/mol. The molecule has 4 nitrogen and oxygen atoms in total. The quantitative estimate of drug-likeness (QED) is 0.0322. The van der Waals surface area contributed by atoms with E-state index in [1.807, 2.05) is 6.92 Å². The van der Waals surface area contributed by atoms with Crippen LogP contribution in [-0.2, 0) is 48.6 Å². The number of hydrogen-bond acceptors (Lipinski definition) is 4. The van der Waals surface area contributed by atoms with Crippen molar-refractivity contribution in [1.82, 2.24) is 0 Å². The van der Waals surface area contributed by atoms with E-state index in [1.165, 1.54) is 238 Å². The Morgan fingerprint density at radius 3 is 0.958 bits per heavy atom. The van der Waals surface area contributed by atoms with E-state index in [2.05, 4.69) is 84.9 Å². The van der Waals surface area contributed by atoms with Crippen molar-refractivity contribution < 1.29 is 26.7 Å². The van der Waals surface area contributed by atoms with E-state index >= 15 is 0 Å². The summed E-state index contributed by atoms with van der Waals surface area (Å²) in [6.45, 7) is 17.9. The average Bonchev–Trinajstić information content (AvgIpc) is 3.37. The van der Waals surface area contributed by atoms with Gasteiger partial charge < -0.3 is 10.2 Å². The maximum Gasteiger partial charge on any atom is 2.00 e. The topological polar surface area (TPSA) is 70.8 Å². The monoisotopic (exact) mass is 1030 g/mol. The molecule has 0 bridgehead atoms. The van der Waals surface area contributed by atoms with Crippen LogP contribution in [0, 0.1) is 6.92 Å². The summed E-state index contributed by atoms with van der Waals surface area (Å²) < 4.78 is 0. The van der Waals surface area contributed by atoms with Gasteiger partial charge in [-0.3, -0.25) is 9.98 Å². The molecule has 410 valence electrons. The van der Waals surface area contributed by atoms with Gasteiger partial charge in [0.1, 0.15) is 0 Å². The maximum absolute atomic E-state index is 11.1. The summed E-state index contributed by atoms with van der Waals surface area (Å²) in [5.74, 6) is -0.760. The second-order valence-electron chi connectivity index (χ2n) is 21.4. The van der Waals surface area contributed by atoms with Gasteiger partial charge in [0.05, 0.1) is 22.8 Å². The Balaban J connectivity index is 0.00000148. The van der Waals surface area contributed by atoms with Gasteiger partial charge >= 0.3 is 16.5 Å². The zero-order chi connectivity index (χ0) is 51.6. The first-order valence-electron chi connectivity index (χ1n) is 30.6. The van der Waals surface area contributed by atoms with Gasteiger partial charge in [-0.1, -0.05) is 233 Å². The summed E-state index contributed by atoms with van der Waals surface area (Å²) in [6, 6.07) is 17.4. The molecule has 0 radical (unpaired) electrons.